The van der Waals surface area contributed by atoms with Crippen LogP contribution >= 0.6 is 0 Å². The number of esters is 1. The van der Waals surface area contributed by atoms with Crippen LogP contribution < -0.4 is 14.9 Å². The quantitative estimate of drug-likeness (QED) is 0.187. The molecule has 250 valence electrons. The summed E-state index contributed by atoms with van der Waals surface area (Å²) in [6.45, 7) is 0. The average Bonchev–Trinajstić information content (AvgIpc) is 3.67. The van der Waals surface area contributed by atoms with Crippen molar-refractivity contribution in [1.29, 1.82) is 0 Å². The maximum absolute atomic E-state index is 15.1. The predicted molar refractivity (Wildman–Crippen MR) is 182 cm³/mol. The Morgan fingerprint density at radius 3 is 2.51 bits per heavy atom. The number of amides is 1. The number of hydrogen-bond acceptors (Lipinski definition) is 8. The molecule has 0 saturated heterocycles. The minimum atomic E-state index is -3.80. The van der Waals surface area contributed by atoms with Crippen molar-refractivity contribution in [3.63, 3.8) is 0 Å². The van der Waals surface area contributed by atoms with Gasteiger partial charge in [-0.25, -0.2) is 22.2 Å². The van der Waals surface area contributed by atoms with E-state index in [9.17, 15) is 22.4 Å². The molecule has 2 N–H and O–H groups in total. The number of anilines is 2. The van der Waals surface area contributed by atoms with Gasteiger partial charge in [-0.3, -0.25) is 13.9 Å². The topological polar surface area (TPSA) is 136 Å². The summed E-state index contributed by atoms with van der Waals surface area (Å²) in [4.78, 5) is 30.7. The van der Waals surface area contributed by atoms with Crippen molar-refractivity contribution < 1.29 is 35.9 Å². The Morgan fingerprint density at radius 1 is 1.06 bits per heavy atom. The van der Waals surface area contributed by atoms with Crippen LogP contribution in [-0.2, 0) is 19.6 Å². The normalized spacial score (nSPS) is 13.9. The Morgan fingerprint density at radius 2 is 1.82 bits per heavy atom. The molecule has 6 aromatic rings. The fourth-order valence-corrected chi connectivity index (χ4v) is 6.72. The van der Waals surface area contributed by atoms with Crippen molar-refractivity contribution in [1.82, 2.24) is 14.9 Å². The smallest absolute Gasteiger partial charge is 0.309 e. The highest BCUT2D eigenvalue weighted by molar-refractivity contribution is 7.92. The highest BCUT2D eigenvalue weighted by Crippen LogP contribution is 2.45. The van der Waals surface area contributed by atoms with Crippen molar-refractivity contribution in [2.45, 2.75) is 12.6 Å². The number of carbonyl (C=O) groups is 2. The van der Waals surface area contributed by atoms with E-state index in [-0.39, 0.29) is 29.0 Å². The summed E-state index contributed by atoms with van der Waals surface area (Å²) in [5.41, 5.74) is 3.77. The number of sulfonamides is 1. The molecule has 0 bridgehead atoms. The van der Waals surface area contributed by atoms with Crippen LogP contribution in [0.25, 0.3) is 55.8 Å². The lowest BCUT2D eigenvalue weighted by Gasteiger charge is -2.30. The van der Waals surface area contributed by atoms with Crippen LogP contribution in [0, 0.1) is 11.6 Å². The number of ether oxygens (including phenoxy) is 1. The van der Waals surface area contributed by atoms with Gasteiger partial charge in [-0.2, -0.15) is 0 Å². The van der Waals surface area contributed by atoms with E-state index in [0.717, 1.165) is 10.6 Å². The lowest BCUT2D eigenvalue weighted by atomic mass is 10.00. The van der Waals surface area contributed by atoms with Crippen LogP contribution in [0.1, 0.15) is 22.9 Å². The number of fused-ring (bicyclic) bond motifs is 6. The third-order valence-corrected chi connectivity index (χ3v) is 9.86. The zero-order chi connectivity index (χ0) is 34.8. The van der Waals surface area contributed by atoms with Gasteiger partial charge in [0.15, 0.2) is 0 Å². The molecular weight excluding hydrogens is 656 g/mol. The standard InChI is InChI=1S/C35H29F2N5O6S/c1-38-35(44)32-22-14-21(27(41(2)49(4,45)46)16-29(22)48-34(32)18-8-10-19(36)11-9-18)24-12-13-25-33(40-24)28-15-20-23(37)6-5-7-26(20)42(28)30(39-25)17-31(43)47-3/h5-16,30,39H,17H2,1-4H3,(H,38,44). The molecule has 1 amide bonds. The molecule has 1 atom stereocenters. The summed E-state index contributed by atoms with van der Waals surface area (Å²) in [7, 11) is 0.347. The van der Waals surface area contributed by atoms with Gasteiger partial charge in [-0.1, -0.05) is 6.07 Å². The maximum Gasteiger partial charge on any atom is 0.309 e. The molecule has 3 aromatic heterocycles. The minimum Gasteiger partial charge on any atom is -0.469 e. The number of furan rings is 1. The third-order valence-electron chi connectivity index (χ3n) is 8.67. The number of pyridine rings is 1. The van der Waals surface area contributed by atoms with Crippen molar-refractivity contribution in [3.05, 3.63) is 90.0 Å². The van der Waals surface area contributed by atoms with Crippen molar-refractivity contribution in [3.8, 4) is 34.0 Å². The van der Waals surface area contributed by atoms with E-state index in [1.807, 2.05) is 0 Å². The first kappa shape index (κ1) is 31.8. The van der Waals surface area contributed by atoms with Gasteiger partial charge in [0.1, 0.15) is 34.8 Å². The van der Waals surface area contributed by atoms with Gasteiger partial charge in [-0.05, 0) is 60.7 Å². The summed E-state index contributed by atoms with van der Waals surface area (Å²) < 4.78 is 68.6. The fraction of sp³-hybridized carbons (Fsp3) is 0.171. The molecule has 14 heteroatoms. The number of methoxy groups -OCH3 is 1. The van der Waals surface area contributed by atoms with Gasteiger partial charge in [0.05, 0.1) is 53.6 Å². The highest BCUT2D eigenvalue weighted by atomic mass is 32.2. The van der Waals surface area contributed by atoms with E-state index < -0.39 is 39.7 Å². The van der Waals surface area contributed by atoms with E-state index in [2.05, 4.69) is 10.6 Å². The summed E-state index contributed by atoms with van der Waals surface area (Å²) in [5.74, 6) is -1.69. The fourth-order valence-electron chi connectivity index (χ4n) is 6.21. The molecule has 49 heavy (non-hydrogen) atoms. The molecule has 4 heterocycles. The second-order valence-electron chi connectivity index (χ2n) is 11.6. The molecule has 7 rings (SSSR count). The SMILES string of the molecule is CNC(=O)c1c(-c2ccc(F)cc2)oc2cc(N(C)S(C)(=O)=O)c(-c3ccc4c(n3)-c3cc5c(F)cccc5n3C(CC(=O)OC)N4)cc12. The lowest BCUT2D eigenvalue weighted by Crippen LogP contribution is -2.27. The Kier molecular flexibility index (Phi) is 7.62. The Bertz CT molecular complexity index is 2440. The molecule has 0 radical (unpaired) electrons. The van der Waals surface area contributed by atoms with E-state index in [4.69, 9.17) is 14.1 Å². The number of hydrogen-bond donors (Lipinski definition) is 2. The monoisotopic (exact) mass is 685 g/mol. The lowest BCUT2D eigenvalue weighted by molar-refractivity contribution is -0.141. The van der Waals surface area contributed by atoms with Crippen LogP contribution in [0.15, 0.2) is 77.2 Å². The van der Waals surface area contributed by atoms with E-state index in [1.54, 1.807) is 41.0 Å². The first-order valence-corrected chi connectivity index (χ1v) is 16.9. The summed E-state index contributed by atoms with van der Waals surface area (Å²) in [5, 5.41) is 6.64. The second-order valence-corrected chi connectivity index (χ2v) is 13.6. The summed E-state index contributed by atoms with van der Waals surface area (Å²) in [6.07, 6.45) is 0.391. The second kappa shape index (κ2) is 11.7. The Balaban J connectivity index is 1.48. The number of benzene rings is 3. The zero-order valence-electron chi connectivity index (χ0n) is 26.7. The van der Waals surface area contributed by atoms with Gasteiger partial charge < -0.3 is 24.4 Å². The van der Waals surface area contributed by atoms with E-state index in [1.165, 1.54) is 57.6 Å². The molecule has 11 nitrogen and oxygen atoms in total. The van der Waals surface area contributed by atoms with Gasteiger partial charge in [0.25, 0.3) is 5.91 Å². The average molecular weight is 686 g/mol. The Hall–Kier alpha value is -5.76. The number of nitrogens with one attached hydrogen (secondary N) is 2. The third kappa shape index (κ3) is 5.33. The van der Waals surface area contributed by atoms with Gasteiger partial charge in [-0.15, -0.1) is 0 Å². The first-order valence-electron chi connectivity index (χ1n) is 15.1. The number of halogens is 2. The number of rotatable bonds is 7. The van der Waals surface area contributed by atoms with Crippen LogP contribution in [0.2, 0.25) is 0 Å². The zero-order valence-corrected chi connectivity index (χ0v) is 27.5. The molecule has 0 spiro atoms. The number of carbonyl (C=O) groups excluding carboxylic acids is 2. The summed E-state index contributed by atoms with van der Waals surface area (Å²) >= 11 is 0. The number of aromatic nitrogens is 2. The molecule has 0 saturated carbocycles. The largest absolute Gasteiger partial charge is 0.469 e. The Labute approximate surface area is 279 Å². The van der Waals surface area contributed by atoms with Crippen molar-refractivity contribution in [2.24, 2.45) is 0 Å². The maximum atomic E-state index is 15.1. The van der Waals surface area contributed by atoms with Crippen LogP contribution in [-0.4, -0.2) is 57.3 Å². The predicted octanol–water partition coefficient (Wildman–Crippen LogP) is 6.30. The van der Waals surface area contributed by atoms with E-state index >= 15 is 4.39 Å². The van der Waals surface area contributed by atoms with E-state index in [0.29, 0.717) is 50.2 Å². The molecule has 0 fully saturated rings. The van der Waals surface area contributed by atoms with Gasteiger partial charge in [0.2, 0.25) is 10.0 Å². The van der Waals surface area contributed by atoms with Crippen LogP contribution in [0.4, 0.5) is 20.2 Å². The molecule has 1 unspecified atom stereocenters. The van der Waals surface area contributed by atoms with Gasteiger partial charge in [0, 0.05) is 42.1 Å². The first-order chi connectivity index (χ1) is 23.4. The van der Waals surface area contributed by atoms with Crippen molar-refractivity contribution >= 4 is 55.1 Å². The summed E-state index contributed by atoms with van der Waals surface area (Å²) in [6, 6.07) is 18.4. The molecule has 3 aromatic carbocycles. The highest BCUT2D eigenvalue weighted by Gasteiger charge is 2.31. The molecule has 1 aliphatic rings. The number of nitrogens with zero attached hydrogens (tertiary/aromatic N) is 3. The van der Waals surface area contributed by atoms with Crippen LogP contribution in [0.3, 0.4) is 0 Å². The van der Waals surface area contributed by atoms with Crippen LogP contribution in [0.5, 0.6) is 0 Å². The van der Waals surface area contributed by atoms with Crippen molar-refractivity contribution in [2.75, 3.05) is 37.1 Å². The van der Waals surface area contributed by atoms with Gasteiger partial charge >= 0.3 is 5.97 Å². The molecule has 1 aliphatic heterocycles. The molecular formula is C35H29F2N5O6S. The molecule has 0 aliphatic carbocycles. The minimum absolute atomic E-state index is 0.0515.